The van der Waals surface area contributed by atoms with E-state index in [4.69, 9.17) is 28.3 Å². The largest absolute Gasteiger partial charge is 0.507 e. The van der Waals surface area contributed by atoms with Gasteiger partial charge in [-0.25, -0.2) is 4.79 Å². The maximum absolute atomic E-state index is 11.1. The van der Waals surface area contributed by atoms with Crippen molar-refractivity contribution in [1.82, 2.24) is 5.32 Å². The summed E-state index contributed by atoms with van der Waals surface area (Å²) in [5.41, 5.74) is 2.05. The maximum atomic E-state index is 11.1. The van der Waals surface area contributed by atoms with Gasteiger partial charge >= 0.3 is 5.97 Å². The molecule has 0 aliphatic heterocycles. The molecule has 3 N–H and O–H groups in total. The number of carbonyl (C=O) groups is 1. The van der Waals surface area contributed by atoms with Crippen LogP contribution in [0.15, 0.2) is 36.4 Å². The fraction of sp³-hybridized carbons (Fsp3) is 0.409. The van der Waals surface area contributed by atoms with Crippen LogP contribution in [0, 0.1) is 5.92 Å². The number of aromatic carboxylic acids is 1. The molecule has 0 bridgehead atoms. The summed E-state index contributed by atoms with van der Waals surface area (Å²) >= 11 is 12.1. The first-order valence-corrected chi connectivity index (χ1v) is 10.4. The lowest BCUT2D eigenvalue weighted by molar-refractivity contribution is 0.0693. The number of nitrogens with one attached hydrogen (secondary N) is 1. The van der Waals surface area contributed by atoms with Crippen molar-refractivity contribution in [2.75, 3.05) is 0 Å². The zero-order valence-electron chi connectivity index (χ0n) is 15.6. The number of aromatic hydroxyl groups is 1. The molecule has 1 fully saturated rings. The average Bonchev–Trinajstić information content (AvgIpc) is 2.69. The quantitative estimate of drug-likeness (QED) is 0.537. The molecule has 150 valence electrons. The van der Waals surface area contributed by atoms with E-state index in [-0.39, 0.29) is 11.3 Å². The molecular formula is C22H25Cl2NO3. The standard InChI is InChI=1S/C22H25Cl2NO3/c23-19-9-5-15(12-20(19)24)2-1-14-3-7-17(8-4-14)25-13-16-6-10-21(26)18(11-16)22(27)28/h5-6,9-12,14,17,25-26H,1-4,7-8,13H2,(H,27,28). The highest BCUT2D eigenvalue weighted by atomic mass is 35.5. The molecule has 0 unspecified atom stereocenters. The van der Waals surface area contributed by atoms with Crippen molar-refractivity contribution in [2.45, 2.75) is 51.1 Å². The SMILES string of the molecule is O=C(O)c1cc(CNC2CCC(CCc3ccc(Cl)c(Cl)c3)CC2)ccc1O. The first-order chi connectivity index (χ1) is 13.4. The van der Waals surface area contributed by atoms with Crippen molar-refractivity contribution in [3.05, 3.63) is 63.1 Å². The Kier molecular flexibility index (Phi) is 7.22. The third-order valence-corrected chi connectivity index (χ3v) is 6.30. The third kappa shape index (κ3) is 5.63. The van der Waals surface area contributed by atoms with Gasteiger partial charge in [-0.05, 0) is 79.8 Å². The third-order valence-electron chi connectivity index (χ3n) is 5.56. The first-order valence-electron chi connectivity index (χ1n) is 9.65. The Hall–Kier alpha value is -1.75. The number of aryl methyl sites for hydroxylation is 1. The van der Waals surface area contributed by atoms with Crippen LogP contribution in [0.4, 0.5) is 0 Å². The number of rotatable bonds is 7. The predicted octanol–water partition coefficient (Wildman–Crippen LogP) is 5.68. The van der Waals surface area contributed by atoms with Crippen LogP contribution in [0.1, 0.15) is 53.6 Å². The molecule has 0 heterocycles. The Morgan fingerprint density at radius 2 is 1.71 bits per heavy atom. The van der Waals surface area contributed by atoms with Gasteiger partial charge in [0.1, 0.15) is 11.3 Å². The monoisotopic (exact) mass is 421 g/mol. The number of carboxylic acids is 1. The average molecular weight is 422 g/mol. The summed E-state index contributed by atoms with van der Waals surface area (Å²) in [5, 5.41) is 23.4. The molecule has 6 heteroatoms. The molecule has 1 aliphatic carbocycles. The van der Waals surface area contributed by atoms with Gasteiger partial charge in [0.15, 0.2) is 0 Å². The molecule has 28 heavy (non-hydrogen) atoms. The summed E-state index contributed by atoms with van der Waals surface area (Å²) in [5.74, 6) is -0.583. The van der Waals surface area contributed by atoms with E-state index in [1.54, 1.807) is 6.07 Å². The molecule has 1 aliphatic rings. The van der Waals surface area contributed by atoms with Crippen molar-refractivity contribution < 1.29 is 15.0 Å². The highest BCUT2D eigenvalue weighted by Gasteiger charge is 2.21. The van der Waals surface area contributed by atoms with Crippen molar-refractivity contribution in [1.29, 1.82) is 0 Å². The lowest BCUT2D eigenvalue weighted by Crippen LogP contribution is -2.32. The summed E-state index contributed by atoms with van der Waals surface area (Å²) in [4.78, 5) is 11.1. The van der Waals surface area contributed by atoms with E-state index in [0.717, 1.165) is 37.2 Å². The molecule has 0 atom stereocenters. The van der Waals surface area contributed by atoms with Gasteiger partial charge in [-0.3, -0.25) is 0 Å². The number of hydrogen-bond donors (Lipinski definition) is 3. The van der Waals surface area contributed by atoms with Crippen LogP contribution >= 0.6 is 23.2 Å². The molecule has 0 radical (unpaired) electrons. The molecule has 0 aromatic heterocycles. The van der Waals surface area contributed by atoms with E-state index in [1.165, 1.54) is 30.5 Å². The molecular weight excluding hydrogens is 397 g/mol. The lowest BCUT2D eigenvalue weighted by Gasteiger charge is -2.29. The Morgan fingerprint density at radius 3 is 2.39 bits per heavy atom. The van der Waals surface area contributed by atoms with E-state index in [2.05, 4.69) is 5.32 Å². The summed E-state index contributed by atoms with van der Waals surface area (Å²) in [6, 6.07) is 11.1. The van der Waals surface area contributed by atoms with Crippen LogP contribution in [-0.2, 0) is 13.0 Å². The highest BCUT2D eigenvalue weighted by molar-refractivity contribution is 6.42. The van der Waals surface area contributed by atoms with Crippen LogP contribution in [0.2, 0.25) is 10.0 Å². The smallest absolute Gasteiger partial charge is 0.339 e. The van der Waals surface area contributed by atoms with Gasteiger partial charge in [0.25, 0.3) is 0 Å². The van der Waals surface area contributed by atoms with Gasteiger partial charge in [-0.15, -0.1) is 0 Å². The molecule has 1 saturated carbocycles. The zero-order valence-corrected chi connectivity index (χ0v) is 17.1. The minimum atomic E-state index is -1.11. The van der Waals surface area contributed by atoms with E-state index in [1.807, 2.05) is 18.2 Å². The van der Waals surface area contributed by atoms with Crippen LogP contribution in [0.3, 0.4) is 0 Å². The fourth-order valence-corrected chi connectivity index (χ4v) is 4.17. The second-order valence-electron chi connectivity index (χ2n) is 7.54. The Morgan fingerprint density at radius 1 is 1.00 bits per heavy atom. The predicted molar refractivity (Wildman–Crippen MR) is 112 cm³/mol. The molecule has 0 spiro atoms. The summed E-state index contributed by atoms with van der Waals surface area (Å²) in [6.45, 7) is 0.610. The number of hydrogen-bond acceptors (Lipinski definition) is 3. The molecule has 0 saturated heterocycles. The van der Waals surface area contributed by atoms with E-state index in [0.29, 0.717) is 22.6 Å². The van der Waals surface area contributed by atoms with E-state index >= 15 is 0 Å². The molecule has 3 rings (SSSR count). The number of carboxylic acid groups (broad SMARTS) is 1. The van der Waals surface area contributed by atoms with E-state index in [9.17, 15) is 9.90 Å². The lowest BCUT2D eigenvalue weighted by atomic mass is 9.82. The van der Waals surface area contributed by atoms with Crippen LogP contribution < -0.4 is 5.32 Å². The molecule has 2 aromatic rings. The fourth-order valence-electron chi connectivity index (χ4n) is 3.85. The van der Waals surface area contributed by atoms with Gasteiger partial charge in [-0.2, -0.15) is 0 Å². The normalized spacial score (nSPS) is 19.5. The Balaban J connectivity index is 1.42. The Labute approximate surface area is 175 Å². The van der Waals surface area contributed by atoms with Gasteiger partial charge in [0, 0.05) is 12.6 Å². The second kappa shape index (κ2) is 9.64. The molecule has 4 nitrogen and oxygen atoms in total. The van der Waals surface area contributed by atoms with E-state index < -0.39 is 5.97 Å². The topological polar surface area (TPSA) is 69.6 Å². The first kappa shape index (κ1) is 21.0. The van der Waals surface area contributed by atoms with Crippen molar-refractivity contribution in [2.24, 2.45) is 5.92 Å². The summed E-state index contributed by atoms with van der Waals surface area (Å²) in [7, 11) is 0. The second-order valence-corrected chi connectivity index (χ2v) is 8.36. The number of phenols is 1. The number of benzene rings is 2. The highest BCUT2D eigenvalue weighted by Crippen LogP contribution is 2.30. The van der Waals surface area contributed by atoms with Crippen molar-refractivity contribution in [3.8, 4) is 5.75 Å². The van der Waals surface area contributed by atoms with Crippen LogP contribution in [-0.4, -0.2) is 22.2 Å². The summed E-state index contributed by atoms with van der Waals surface area (Å²) in [6.07, 6.45) is 6.80. The van der Waals surface area contributed by atoms with Crippen LogP contribution in [0.25, 0.3) is 0 Å². The Bertz CT molecular complexity index is 833. The van der Waals surface area contributed by atoms with Crippen molar-refractivity contribution >= 4 is 29.2 Å². The van der Waals surface area contributed by atoms with Gasteiger partial charge in [0.05, 0.1) is 10.0 Å². The van der Waals surface area contributed by atoms with Gasteiger partial charge in [0.2, 0.25) is 0 Å². The molecule has 2 aromatic carbocycles. The maximum Gasteiger partial charge on any atom is 0.339 e. The molecule has 0 amide bonds. The van der Waals surface area contributed by atoms with Crippen LogP contribution in [0.5, 0.6) is 5.75 Å². The minimum absolute atomic E-state index is 0.0506. The summed E-state index contributed by atoms with van der Waals surface area (Å²) < 4.78 is 0. The minimum Gasteiger partial charge on any atom is -0.507 e. The zero-order chi connectivity index (χ0) is 20.1. The number of halogens is 2. The van der Waals surface area contributed by atoms with Crippen molar-refractivity contribution in [3.63, 3.8) is 0 Å². The van der Waals surface area contributed by atoms with Gasteiger partial charge in [-0.1, -0.05) is 35.3 Å². The van der Waals surface area contributed by atoms with Gasteiger partial charge < -0.3 is 15.5 Å².